The third-order valence-corrected chi connectivity index (χ3v) is 7.03. The lowest BCUT2D eigenvalue weighted by atomic mass is 9.99. The second kappa shape index (κ2) is 10.1. The molecule has 38 heavy (non-hydrogen) atoms. The Bertz CT molecular complexity index is 1630. The predicted molar refractivity (Wildman–Crippen MR) is 152 cm³/mol. The molecule has 1 aliphatic heterocycles. The molecule has 0 saturated heterocycles. The number of anilines is 2. The third-order valence-electron chi connectivity index (χ3n) is 6.78. The smallest absolute Gasteiger partial charge is 0.262 e. The number of rotatable bonds is 6. The molecule has 0 unspecified atom stereocenters. The Hall–Kier alpha value is -4.48. The summed E-state index contributed by atoms with van der Waals surface area (Å²) in [6, 6.07) is 35.0. The Labute approximate surface area is 226 Å². The van der Waals surface area contributed by atoms with Crippen molar-refractivity contribution < 1.29 is 14.3 Å². The molecule has 5 aromatic carbocycles. The second-order valence-corrected chi connectivity index (χ2v) is 9.52. The van der Waals surface area contributed by atoms with Crippen LogP contribution in [-0.4, -0.2) is 13.0 Å². The van der Waals surface area contributed by atoms with Gasteiger partial charge in [0, 0.05) is 21.7 Å². The molecule has 1 atom stereocenters. The van der Waals surface area contributed by atoms with Crippen molar-refractivity contribution in [3.8, 4) is 11.5 Å². The number of benzene rings is 5. The van der Waals surface area contributed by atoms with E-state index in [-0.39, 0.29) is 5.91 Å². The van der Waals surface area contributed by atoms with Gasteiger partial charge in [-0.25, -0.2) is 0 Å². The van der Waals surface area contributed by atoms with Gasteiger partial charge in [0.25, 0.3) is 5.91 Å². The van der Waals surface area contributed by atoms with E-state index in [0.717, 1.165) is 33.3 Å². The van der Waals surface area contributed by atoms with Gasteiger partial charge in [-0.1, -0.05) is 66.2 Å². The highest BCUT2D eigenvalue weighted by Gasteiger charge is 2.35. The summed E-state index contributed by atoms with van der Waals surface area (Å²) in [5.74, 6) is 1.36. The number of nitrogens with zero attached hydrogens (tertiary/aromatic N) is 1. The van der Waals surface area contributed by atoms with Crippen LogP contribution in [0.2, 0.25) is 5.02 Å². The Morgan fingerprint density at radius 2 is 1.63 bits per heavy atom. The molecule has 6 rings (SSSR count). The van der Waals surface area contributed by atoms with Gasteiger partial charge in [-0.05, 0) is 65.5 Å². The number of hydrogen-bond donors (Lipinski definition) is 1. The fraction of sp³-hybridized carbons (Fsp3) is 0.0938. The molecule has 0 bridgehead atoms. The molecule has 6 heteroatoms. The van der Waals surface area contributed by atoms with Crippen LogP contribution in [0.4, 0.5) is 11.4 Å². The summed E-state index contributed by atoms with van der Waals surface area (Å²) in [5, 5.41) is 6.34. The molecule has 1 amide bonds. The maximum atomic E-state index is 14.0. The minimum absolute atomic E-state index is 0.0597. The van der Waals surface area contributed by atoms with E-state index in [1.807, 2.05) is 83.8 Å². The number of methoxy groups -OCH3 is 1. The summed E-state index contributed by atoms with van der Waals surface area (Å²) >= 11 is 6.02. The topological polar surface area (TPSA) is 50.8 Å². The first kappa shape index (κ1) is 23.9. The molecule has 1 heterocycles. The molecule has 1 aliphatic rings. The van der Waals surface area contributed by atoms with E-state index in [0.29, 0.717) is 28.7 Å². The van der Waals surface area contributed by atoms with Gasteiger partial charge in [-0.3, -0.25) is 9.69 Å². The van der Waals surface area contributed by atoms with Crippen LogP contribution in [0.1, 0.15) is 27.7 Å². The van der Waals surface area contributed by atoms with Crippen molar-refractivity contribution in [3.05, 3.63) is 131 Å². The maximum absolute atomic E-state index is 14.0. The Morgan fingerprint density at radius 3 is 2.47 bits per heavy atom. The monoisotopic (exact) mass is 520 g/mol. The Kier molecular flexibility index (Phi) is 6.36. The fourth-order valence-electron chi connectivity index (χ4n) is 4.93. The summed E-state index contributed by atoms with van der Waals surface area (Å²) in [6.45, 7) is 0.296. The highest BCUT2D eigenvalue weighted by molar-refractivity contribution is 6.30. The second-order valence-electron chi connectivity index (χ2n) is 9.08. The number of para-hydroxylation sites is 1. The molecule has 0 fully saturated rings. The van der Waals surface area contributed by atoms with E-state index < -0.39 is 6.17 Å². The number of halogens is 1. The molecule has 0 aliphatic carbocycles. The predicted octanol–water partition coefficient (Wildman–Crippen LogP) is 7.85. The Balaban J connectivity index is 1.44. The van der Waals surface area contributed by atoms with Crippen LogP contribution >= 0.6 is 11.6 Å². The van der Waals surface area contributed by atoms with Crippen LogP contribution < -0.4 is 19.7 Å². The number of nitrogens with one attached hydrogen (secondary N) is 1. The van der Waals surface area contributed by atoms with Crippen LogP contribution in [0.5, 0.6) is 11.5 Å². The molecule has 0 aromatic heterocycles. The molecule has 0 spiro atoms. The van der Waals surface area contributed by atoms with Crippen molar-refractivity contribution in [2.24, 2.45) is 0 Å². The van der Waals surface area contributed by atoms with E-state index in [4.69, 9.17) is 21.1 Å². The van der Waals surface area contributed by atoms with E-state index in [1.165, 1.54) is 0 Å². The summed E-state index contributed by atoms with van der Waals surface area (Å²) in [7, 11) is 1.64. The first-order valence-corrected chi connectivity index (χ1v) is 12.7. The standard InChI is InChI=1S/C32H25ClN2O3/c1-37-30-18-13-22(19-23(30)20-38-25-16-14-24(33)15-17-25)31-34-28-11-5-4-10-27(28)32(36)35(31)29-12-6-8-21-7-2-3-9-26(21)29/h2-19,31,34H,20H2,1H3/t31-/m0/s1. The number of carbonyl (C=O) groups excluding carboxylic acids is 1. The van der Waals surface area contributed by atoms with Crippen molar-refractivity contribution in [3.63, 3.8) is 0 Å². The van der Waals surface area contributed by atoms with Crippen LogP contribution in [-0.2, 0) is 6.61 Å². The third kappa shape index (κ3) is 4.42. The van der Waals surface area contributed by atoms with Crippen LogP contribution in [0, 0.1) is 0 Å². The van der Waals surface area contributed by atoms with Crippen molar-refractivity contribution in [1.29, 1.82) is 0 Å². The molecule has 0 radical (unpaired) electrons. The summed E-state index contributed by atoms with van der Waals surface area (Å²) in [5.41, 5.74) is 4.06. The van der Waals surface area contributed by atoms with Crippen LogP contribution in [0.15, 0.2) is 109 Å². The molecule has 188 valence electrons. The molecular formula is C32H25ClN2O3. The van der Waals surface area contributed by atoms with Crippen LogP contribution in [0.3, 0.4) is 0 Å². The zero-order valence-corrected chi connectivity index (χ0v) is 21.5. The van der Waals surface area contributed by atoms with Gasteiger partial charge >= 0.3 is 0 Å². The Morgan fingerprint density at radius 1 is 0.868 bits per heavy atom. The van der Waals surface area contributed by atoms with Gasteiger partial charge in [-0.15, -0.1) is 0 Å². The number of hydrogen-bond acceptors (Lipinski definition) is 4. The van der Waals surface area contributed by atoms with E-state index in [1.54, 1.807) is 19.2 Å². The lowest BCUT2D eigenvalue weighted by Gasteiger charge is -2.39. The lowest BCUT2D eigenvalue weighted by Crippen LogP contribution is -2.43. The number of carbonyl (C=O) groups is 1. The number of fused-ring (bicyclic) bond motifs is 2. The average molecular weight is 521 g/mol. The molecular weight excluding hydrogens is 496 g/mol. The molecule has 1 N–H and O–H groups in total. The highest BCUT2D eigenvalue weighted by atomic mass is 35.5. The molecule has 5 nitrogen and oxygen atoms in total. The fourth-order valence-corrected chi connectivity index (χ4v) is 5.05. The van der Waals surface area contributed by atoms with Crippen LogP contribution in [0.25, 0.3) is 10.8 Å². The zero-order chi connectivity index (χ0) is 26.1. The van der Waals surface area contributed by atoms with Gasteiger partial charge in [0.2, 0.25) is 0 Å². The van der Waals surface area contributed by atoms with Crippen molar-refractivity contribution >= 4 is 39.7 Å². The first-order valence-electron chi connectivity index (χ1n) is 12.3. The first-order chi connectivity index (χ1) is 18.6. The summed E-state index contributed by atoms with van der Waals surface area (Å²) in [6.07, 6.45) is -0.441. The van der Waals surface area contributed by atoms with Crippen molar-refractivity contribution in [2.45, 2.75) is 12.8 Å². The van der Waals surface area contributed by atoms with Crippen molar-refractivity contribution in [1.82, 2.24) is 0 Å². The zero-order valence-electron chi connectivity index (χ0n) is 20.7. The molecule has 5 aromatic rings. The van der Waals surface area contributed by atoms with Crippen molar-refractivity contribution in [2.75, 3.05) is 17.3 Å². The summed E-state index contributed by atoms with van der Waals surface area (Å²) < 4.78 is 11.7. The molecule has 0 saturated carbocycles. The van der Waals surface area contributed by atoms with Gasteiger partial charge < -0.3 is 14.8 Å². The summed E-state index contributed by atoms with van der Waals surface area (Å²) in [4.78, 5) is 15.9. The SMILES string of the molecule is COc1ccc([C@H]2Nc3ccccc3C(=O)N2c2cccc3ccccc23)cc1COc1ccc(Cl)cc1. The number of ether oxygens (including phenoxy) is 2. The van der Waals surface area contributed by atoms with Gasteiger partial charge in [0.15, 0.2) is 0 Å². The van der Waals surface area contributed by atoms with E-state index in [2.05, 4.69) is 23.5 Å². The largest absolute Gasteiger partial charge is 0.496 e. The van der Waals surface area contributed by atoms with Gasteiger partial charge in [0.1, 0.15) is 24.3 Å². The maximum Gasteiger partial charge on any atom is 0.262 e. The normalized spacial score (nSPS) is 14.6. The van der Waals surface area contributed by atoms with Gasteiger partial charge in [0.05, 0.1) is 18.4 Å². The van der Waals surface area contributed by atoms with Gasteiger partial charge in [-0.2, -0.15) is 0 Å². The van der Waals surface area contributed by atoms with E-state index >= 15 is 0 Å². The quantitative estimate of drug-likeness (QED) is 0.247. The minimum atomic E-state index is -0.441. The highest BCUT2D eigenvalue weighted by Crippen LogP contribution is 2.40. The van der Waals surface area contributed by atoms with E-state index in [9.17, 15) is 4.79 Å². The average Bonchev–Trinajstić information content (AvgIpc) is 2.96. The minimum Gasteiger partial charge on any atom is -0.496 e. The lowest BCUT2D eigenvalue weighted by molar-refractivity contribution is 0.0975. The number of amides is 1.